The summed E-state index contributed by atoms with van der Waals surface area (Å²) >= 11 is 0. The van der Waals surface area contributed by atoms with Gasteiger partial charge in [0.1, 0.15) is 5.82 Å². The molecule has 0 saturated carbocycles. The Bertz CT molecular complexity index is 861. The van der Waals surface area contributed by atoms with Crippen molar-refractivity contribution in [1.29, 1.82) is 0 Å². The van der Waals surface area contributed by atoms with Gasteiger partial charge in [-0.2, -0.15) is 0 Å². The van der Waals surface area contributed by atoms with Crippen LogP contribution in [0.5, 0.6) is 0 Å². The molecule has 5 nitrogen and oxygen atoms in total. The van der Waals surface area contributed by atoms with E-state index in [-0.39, 0.29) is 0 Å². The summed E-state index contributed by atoms with van der Waals surface area (Å²) in [5, 5.41) is 1.35. The zero-order valence-corrected chi connectivity index (χ0v) is 17.8. The Morgan fingerprint density at radius 1 is 0.821 bits per heavy atom. The Hall–Kier alpha value is -2.82. The zero-order chi connectivity index (χ0) is 20.5. The van der Waals surface area contributed by atoms with Gasteiger partial charge in [0.15, 0.2) is 0 Å². The summed E-state index contributed by atoms with van der Waals surface area (Å²) in [6.45, 7) is 12.9. The third-order valence-electron chi connectivity index (χ3n) is 4.45. The Balaban J connectivity index is 0.000000156. The maximum atomic E-state index is 4.06. The number of hydrogen-bond donors (Lipinski definition) is 3. The molecule has 0 atom stereocenters. The molecule has 0 aliphatic heterocycles. The highest BCUT2D eigenvalue weighted by Crippen LogP contribution is 2.24. The van der Waals surface area contributed by atoms with Gasteiger partial charge in [-0.3, -0.25) is 0 Å². The van der Waals surface area contributed by atoms with Crippen LogP contribution in [0.2, 0.25) is 0 Å². The second kappa shape index (κ2) is 10.5. The maximum absolute atomic E-state index is 4.06. The molecular weight excluding hydrogens is 346 g/mol. The fourth-order valence-electron chi connectivity index (χ4n) is 2.75. The summed E-state index contributed by atoms with van der Waals surface area (Å²) in [5.74, 6) is 2.74. The van der Waals surface area contributed by atoms with Gasteiger partial charge < -0.3 is 15.0 Å². The predicted octanol–water partition coefficient (Wildman–Crippen LogP) is 6.36. The lowest BCUT2D eigenvalue weighted by Crippen LogP contribution is -1.87. The Morgan fingerprint density at radius 3 is 2.04 bits per heavy atom. The number of para-hydroxylation sites is 1. The highest BCUT2D eigenvalue weighted by atomic mass is 14.9. The molecule has 0 bridgehead atoms. The Morgan fingerprint density at radius 2 is 1.57 bits per heavy atom. The Labute approximate surface area is 168 Å². The zero-order valence-electron chi connectivity index (χ0n) is 17.8. The standard InChI is InChI=1S/C11H13N.2C6H10N2/c1-8(2)10-7-12-11-6-4-3-5-9(10)11;1-5(2)6-3-7-4-8-6;1-5(2)6-7-3-4-8-6/h3-8,12H,1-2H3;2*3-5H,1-2H3,(H,7,8). The van der Waals surface area contributed by atoms with Crippen molar-refractivity contribution in [1.82, 2.24) is 24.9 Å². The van der Waals surface area contributed by atoms with Gasteiger partial charge in [0, 0.05) is 47.3 Å². The second-order valence-corrected chi connectivity index (χ2v) is 7.74. The fourth-order valence-corrected chi connectivity index (χ4v) is 2.75. The van der Waals surface area contributed by atoms with Crippen molar-refractivity contribution < 1.29 is 0 Å². The van der Waals surface area contributed by atoms with E-state index in [1.807, 2.05) is 12.4 Å². The minimum Gasteiger partial charge on any atom is -0.361 e. The summed E-state index contributed by atoms with van der Waals surface area (Å²) < 4.78 is 0. The third-order valence-corrected chi connectivity index (χ3v) is 4.45. The van der Waals surface area contributed by atoms with E-state index >= 15 is 0 Å². The first-order valence-electron chi connectivity index (χ1n) is 9.93. The van der Waals surface area contributed by atoms with E-state index in [9.17, 15) is 0 Å². The molecule has 0 unspecified atom stereocenters. The average Bonchev–Trinajstić information content (AvgIpc) is 3.44. The summed E-state index contributed by atoms with van der Waals surface area (Å²) in [6, 6.07) is 8.42. The molecule has 0 aliphatic rings. The van der Waals surface area contributed by atoms with Crippen LogP contribution in [0.15, 0.2) is 55.4 Å². The van der Waals surface area contributed by atoms with Crippen LogP contribution in [-0.2, 0) is 0 Å². The number of fused-ring (bicyclic) bond motifs is 1. The highest BCUT2D eigenvalue weighted by molar-refractivity contribution is 5.83. The SMILES string of the molecule is CC(C)c1c[nH]c2ccccc12.CC(C)c1cnc[nH]1.CC(C)c1ncc[nH]1. The monoisotopic (exact) mass is 379 g/mol. The predicted molar refractivity (Wildman–Crippen MR) is 118 cm³/mol. The topological polar surface area (TPSA) is 73.2 Å². The van der Waals surface area contributed by atoms with Crippen molar-refractivity contribution in [3.05, 3.63) is 72.5 Å². The van der Waals surface area contributed by atoms with E-state index in [0.29, 0.717) is 17.8 Å². The van der Waals surface area contributed by atoms with E-state index in [0.717, 1.165) is 5.82 Å². The van der Waals surface area contributed by atoms with Crippen molar-refractivity contribution >= 4 is 10.9 Å². The van der Waals surface area contributed by atoms with E-state index in [1.165, 1.54) is 22.2 Å². The number of aromatic nitrogens is 5. The van der Waals surface area contributed by atoms with Crippen LogP contribution in [0, 0.1) is 0 Å². The number of rotatable bonds is 3. The first kappa shape index (κ1) is 21.5. The van der Waals surface area contributed by atoms with E-state index in [1.54, 1.807) is 12.5 Å². The Kier molecular flexibility index (Phi) is 8.05. The number of imidazole rings is 2. The molecule has 28 heavy (non-hydrogen) atoms. The average molecular weight is 380 g/mol. The molecule has 4 aromatic rings. The number of hydrogen-bond acceptors (Lipinski definition) is 2. The fraction of sp³-hybridized carbons (Fsp3) is 0.391. The molecule has 0 aliphatic carbocycles. The first-order valence-corrected chi connectivity index (χ1v) is 9.93. The van der Waals surface area contributed by atoms with Crippen molar-refractivity contribution in [2.24, 2.45) is 0 Å². The summed E-state index contributed by atoms with van der Waals surface area (Å²) in [5.41, 5.74) is 3.84. The quantitative estimate of drug-likeness (QED) is 0.387. The van der Waals surface area contributed by atoms with E-state index in [4.69, 9.17) is 0 Å². The molecule has 0 saturated heterocycles. The van der Waals surface area contributed by atoms with Gasteiger partial charge in [0.2, 0.25) is 0 Å². The van der Waals surface area contributed by atoms with Gasteiger partial charge in [-0.1, -0.05) is 59.7 Å². The number of nitrogens with zero attached hydrogens (tertiary/aromatic N) is 2. The molecule has 3 heterocycles. The van der Waals surface area contributed by atoms with Gasteiger partial charge >= 0.3 is 0 Å². The van der Waals surface area contributed by atoms with Gasteiger partial charge in [0.05, 0.1) is 6.33 Å². The molecule has 1 aromatic carbocycles. The van der Waals surface area contributed by atoms with E-state index < -0.39 is 0 Å². The molecule has 150 valence electrons. The lowest BCUT2D eigenvalue weighted by molar-refractivity contribution is 0.794. The normalized spacial score (nSPS) is 10.8. The summed E-state index contributed by atoms with van der Waals surface area (Å²) in [6.07, 6.45) is 9.28. The molecule has 3 N–H and O–H groups in total. The van der Waals surface area contributed by atoms with Crippen molar-refractivity contribution in [2.75, 3.05) is 0 Å². The smallest absolute Gasteiger partial charge is 0.108 e. The van der Waals surface area contributed by atoms with Crippen molar-refractivity contribution in [3.63, 3.8) is 0 Å². The lowest BCUT2D eigenvalue weighted by Gasteiger charge is -2.00. The molecule has 4 rings (SSSR count). The molecule has 5 heteroatoms. The van der Waals surface area contributed by atoms with Crippen molar-refractivity contribution in [3.8, 4) is 0 Å². The van der Waals surface area contributed by atoms with Crippen LogP contribution in [0.4, 0.5) is 0 Å². The number of H-pyrrole nitrogens is 3. The van der Waals surface area contributed by atoms with Crippen molar-refractivity contribution in [2.45, 2.75) is 59.3 Å². The third kappa shape index (κ3) is 6.12. The second-order valence-electron chi connectivity index (χ2n) is 7.74. The summed E-state index contributed by atoms with van der Waals surface area (Å²) in [7, 11) is 0. The molecule has 0 radical (unpaired) electrons. The lowest BCUT2D eigenvalue weighted by atomic mass is 10.0. The minimum atomic E-state index is 0.519. The van der Waals surface area contributed by atoms with Crippen LogP contribution in [0.25, 0.3) is 10.9 Å². The molecule has 0 amide bonds. The first-order chi connectivity index (χ1) is 13.4. The van der Waals surface area contributed by atoms with E-state index in [2.05, 4.69) is 96.9 Å². The molecular formula is C23H33N5. The van der Waals surface area contributed by atoms with Crippen LogP contribution in [-0.4, -0.2) is 24.9 Å². The highest BCUT2D eigenvalue weighted by Gasteiger charge is 2.05. The van der Waals surface area contributed by atoms with Gasteiger partial charge in [0.25, 0.3) is 0 Å². The number of benzene rings is 1. The van der Waals surface area contributed by atoms with Crippen LogP contribution in [0.3, 0.4) is 0 Å². The van der Waals surface area contributed by atoms with Crippen LogP contribution in [0.1, 0.15) is 76.4 Å². The van der Waals surface area contributed by atoms with Gasteiger partial charge in [-0.15, -0.1) is 0 Å². The van der Waals surface area contributed by atoms with Crippen LogP contribution >= 0.6 is 0 Å². The number of nitrogens with one attached hydrogen (secondary N) is 3. The molecule has 0 fully saturated rings. The van der Waals surface area contributed by atoms with Crippen LogP contribution < -0.4 is 0 Å². The minimum absolute atomic E-state index is 0.519. The summed E-state index contributed by atoms with van der Waals surface area (Å²) in [4.78, 5) is 17.3. The molecule has 3 aromatic heterocycles. The molecule has 0 spiro atoms. The number of aromatic amines is 3. The maximum Gasteiger partial charge on any atom is 0.108 e. The largest absolute Gasteiger partial charge is 0.361 e. The van der Waals surface area contributed by atoms with Gasteiger partial charge in [-0.05, 0) is 23.5 Å². The van der Waals surface area contributed by atoms with Gasteiger partial charge in [-0.25, -0.2) is 9.97 Å².